The van der Waals surface area contributed by atoms with Crippen LogP contribution in [0.3, 0.4) is 0 Å². The summed E-state index contributed by atoms with van der Waals surface area (Å²) in [6.45, 7) is 3.32. The highest BCUT2D eigenvalue weighted by Gasteiger charge is 2.40. The summed E-state index contributed by atoms with van der Waals surface area (Å²) >= 11 is 0. The van der Waals surface area contributed by atoms with Gasteiger partial charge in [-0.3, -0.25) is 4.79 Å². The number of carbonyl (C=O) groups is 1. The summed E-state index contributed by atoms with van der Waals surface area (Å²) in [7, 11) is 0. The summed E-state index contributed by atoms with van der Waals surface area (Å²) in [6.07, 6.45) is -3.17. The van der Waals surface area contributed by atoms with Gasteiger partial charge in [-0.1, -0.05) is 19.1 Å². The molecule has 1 amide bonds. The van der Waals surface area contributed by atoms with E-state index in [9.17, 15) is 22.4 Å². The molecular weight excluding hydrogens is 376 g/mol. The first kappa shape index (κ1) is 21.9. The van der Waals surface area contributed by atoms with E-state index in [4.69, 9.17) is 0 Å². The monoisotopic (exact) mass is 394 g/mol. The molecule has 0 spiro atoms. The van der Waals surface area contributed by atoms with Crippen molar-refractivity contribution in [3.8, 4) is 5.69 Å². The first-order valence-corrected chi connectivity index (χ1v) is 7.75. The van der Waals surface area contributed by atoms with Crippen LogP contribution in [0.25, 0.3) is 5.69 Å². The predicted octanol–water partition coefficient (Wildman–Crippen LogP) is 3.18. The lowest BCUT2D eigenvalue weighted by atomic mass is 10.2. The summed E-state index contributed by atoms with van der Waals surface area (Å²) < 4.78 is 54.5. The molecule has 0 aliphatic carbocycles. The quantitative estimate of drug-likeness (QED) is 0.560. The molecule has 26 heavy (non-hydrogen) atoms. The van der Waals surface area contributed by atoms with Crippen molar-refractivity contribution in [1.29, 1.82) is 0 Å². The molecule has 10 heteroatoms. The topological polar surface area (TPSA) is 58.9 Å². The van der Waals surface area contributed by atoms with Crippen LogP contribution in [0.15, 0.2) is 30.5 Å². The first-order valence-electron chi connectivity index (χ1n) is 7.75. The number of benzene rings is 1. The summed E-state index contributed by atoms with van der Waals surface area (Å²) in [5, 5.41) is 8.99. The van der Waals surface area contributed by atoms with Crippen LogP contribution in [0, 0.1) is 5.82 Å². The number of halogens is 5. The molecule has 0 bridgehead atoms. The molecule has 2 aromatic rings. The zero-order valence-electron chi connectivity index (χ0n) is 13.9. The van der Waals surface area contributed by atoms with Crippen LogP contribution in [-0.4, -0.2) is 35.3 Å². The number of hydrogen-bond acceptors (Lipinski definition) is 3. The molecule has 1 aromatic heterocycles. The predicted molar refractivity (Wildman–Crippen MR) is 91.3 cm³/mol. The Morgan fingerprint density at radius 1 is 1.19 bits per heavy atom. The molecule has 0 fully saturated rings. The zero-order valence-corrected chi connectivity index (χ0v) is 14.8. The van der Waals surface area contributed by atoms with Crippen LogP contribution >= 0.6 is 12.4 Å². The standard InChI is InChI=1S/C16H18F4N4O.ClH/c1-2-7-21-8-9-22-15(25)11-10-23-24(14(11)16(18,19)20)13-6-4-3-5-12(13)17;/h3-6,10,21H,2,7-9H2,1H3,(H,22,25);1H. The van der Waals surface area contributed by atoms with Crippen molar-refractivity contribution in [2.75, 3.05) is 19.6 Å². The van der Waals surface area contributed by atoms with Crippen molar-refractivity contribution in [2.45, 2.75) is 19.5 Å². The largest absolute Gasteiger partial charge is 0.434 e. The first-order chi connectivity index (χ1) is 11.9. The lowest BCUT2D eigenvalue weighted by molar-refractivity contribution is -0.143. The molecule has 0 aliphatic heterocycles. The fraction of sp³-hybridized carbons (Fsp3) is 0.375. The Morgan fingerprint density at radius 3 is 2.50 bits per heavy atom. The lowest BCUT2D eigenvalue weighted by Crippen LogP contribution is -2.33. The molecule has 0 atom stereocenters. The van der Waals surface area contributed by atoms with Gasteiger partial charge in [0.2, 0.25) is 0 Å². The molecule has 0 saturated carbocycles. The maximum atomic E-state index is 13.8. The molecule has 2 rings (SSSR count). The van der Waals surface area contributed by atoms with Gasteiger partial charge in [0.1, 0.15) is 11.5 Å². The van der Waals surface area contributed by atoms with Crippen LogP contribution in [0.2, 0.25) is 0 Å². The van der Waals surface area contributed by atoms with E-state index in [1.165, 1.54) is 12.1 Å². The SMILES string of the molecule is CCCNCCNC(=O)c1cnn(-c2ccccc2F)c1C(F)(F)F.Cl. The Morgan fingerprint density at radius 2 is 1.88 bits per heavy atom. The summed E-state index contributed by atoms with van der Waals surface area (Å²) in [6, 6.07) is 4.93. The average Bonchev–Trinajstić information content (AvgIpc) is 3.00. The van der Waals surface area contributed by atoms with Crippen molar-refractivity contribution in [1.82, 2.24) is 20.4 Å². The molecule has 144 valence electrons. The van der Waals surface area contributed by atoms with E-state index in [2.05, 4.69) is 15.7 Å². The van der Waals surface area contributed by atoms with E-state index in [1.807, 2.05) is 6.92 Å². The Labute approximate surface area is 154 Å². The number of carbonyl (C=O) groups excluding carboxylic acids is 1. The van der Waals surface area contributed by atoms with Crippen molar-refractivity contribution in [3.05, 3.63) is 47.5 Å². The van der Waals surface area contributed by atoms with E-state index in [1.54, 1.807) is 0 Å². The van der Waals surface area contributed by atoms with Crippen molar-refractivity contribution in [3.63, 3.8) is 0 Å². The van der Waals surface area contributed by atoms with Gasteiger partial charge in [0.15, 0.2) is 5.69 Å². The van der Waals surface area contributed by atoms with E-state index < -0.39 is 29.2 Å². The highest BCUT2D eigenvalue weighted by Crippen LogP contribution is 2.34. The fourth-order valence-electron chi connectivity index (χ4n) is 2.25. The number of nitrogens with zero attached hydrogens (tertiary/aromatic N) is 2. The highest BCUT2D eigenvalue weighted by molar-refractivity contribution is 5.95. The molecule has 1 heterocycles. The third-order valence-corrected chi connectivity index (χ3v) is 3.38. The number of rotatable bonds is 7. The molecule has 2 N–H and O–H groups in total. The van der Waals surface area contributed by atoms with Gasteiger partial charge >= 0.3 is 6.18 Å². The Balaban J connectivity index is 0.00000338. The minimum atomic E-state index is -4.87. The van der Waals surface area contributed by atoms with Gasteiger partial charge in [-0.25, -0.2) is 9.07 Å². The maximum absolute atomic E-state index is 13.8. The minimum absolute atomic E-state index is 0. The van der Waals surface area contributed by atoms with Crippen LogP contribution < -0.4 is 10.6 Å². The number of aromatic nitrogens is 2. The summed E-state index contributed by atoms with van der Waals surface area (Å²) in [4.78, 5) is 12.1. The van der Waals surface area contributed by atoms with Gasteiger partial charge in [-0.15, -0.1) is 12.4 Å². The average molecular weight is 395 g/mol. The number of alkyl halides is 3. The van der Waals surface area contributed by atoms with E-state index in [-0.39, 0.29) is 24.6 Å². The molecular formula is C16H19ClF4N4O. The maximum Gasteiger partial charge on any atom is 0.434 e. The number of nitrogens with one attached hydrogen (secondary N) is 2. The van der Waals surface area contributed by atoms with Gasteiger partial charge in [0.25, 0.3) is 5.91 Å². The highest BCUT2D eigenvalue weighted by atomic mass is 35.5. The van der Waals surface area contributed by atoms with Crippen LogP contribution in [-0.2, 0) is 6.18 Å². The second-order valence-electron chi connectivity index (χ2n) is 5.27. The summed E-state index contributed by atoms with van der Waals surface area (Å²) in [5.74, 6) is -1.78. The minimum Gasteiger partial charge on any atom is -0.351 e. The van der Waals surface area contributed by atoms with Crippen LogP contribution in [0.5, 0.6) is 0 Å². The second-order valence-corrected chi connectivity index (χ2v) is 5.27. The van der Waals surface area contributed by atoms with Gasteiger partial charge in [-0.05, 0) is 25.1 Å². The number of amides is 1. The van der Waals surface area contributed by atoms with Crippen LogP contribution in [0.1, 0.15) is 29.4 Å². The van der Waals surface area contributed by atoms with Gasteiger partial charge in [0, 0.05) is 13.1 Å². The Bertz CT molecular complexity index is 733. The Hall–Kier alpha value is -2.13. The lowest BCUT2D eigenvalue weighted by Gasteiger charge is -2.13. The Kier molecular flexibility index (Phi) is 8.04. The normalized spacial score (nSPS) is 11.1. The van der Waals surface area contributed by atoms with Crippen LogP contribution in [0.4, 0.5) is 17.6 Å². The van der Waals surface area contributed by atoms with Crippen molar-refractivity contribution in [2.24, 2.45) is 0 Å². The second kappa shape index (κ2) is 9.54. The van der Waals surface area contributed by atoms with Crippen molar-refractivity contribution < 1.29 is 22.4 Å². The molecule has 1 aromatic carbocycles. The van der Waals surface area contributed by atoms with E-state index >= 15 is 0 Å². The molecule has 0 radical (unpaired) electrons. The smallest absolute Gasteiger partial charge is 0.351 e. The van der Waals surface area contributed by atoms with Gasteiger partial charge < -0.3 is 10.6 Å². The molecule has 0 aliphatic rings. The molecule has 0 unspecified atom stereocenters. The van der Waals surface area contributed by atoms with Gasteiger partial charge in [-0.2, -0.15) is 18.3 Å². The van der Waals surface area contributed by atoms with Gasteiger partial charge in [0.05, 0.1) is 11.8 Å². The van der Waals surface area contributed by atoms with E-state index in [0.717, 1.165) is 31.3 Å². The van der Waals surface area contributed by atoms with E-state index in [0.29, 0.717) is 11.2 Å². The third kappa shape index (κ3) is 5.18. The zero-order chi connectivity index (χ0) is 18.4. The fourth-order valence-corrected chi connectivity index (χ4v) is 2.25. The summed E-state index contributed by atoms with van der Waals surface area (Å²) in [5.41, 5.74) is -2.33. The number of para-hydroxylation sites is 1. The molecule has 5 nitrogen and oxygen atoms in total. The third-order valence-electron chi connectivity index (χ3n) is 3.38. The number of hydrogen-bond donors (Lipinski definition) is 2. The molecule has 0 saturated heterocycles. The van der Waals surface area contributed by atoms with Crippen molar-refractivity contribution >= 4 is 18.3 Å².